The fraction of sp³-hybridized carbons (Fsp3) is 0.414. The molecule has 2 amide bonds. The molecule has 0 saturated carbocycles. The van der Waals surface area contributed by atoms with Crippen molar-refractivity contribution in [1.82, 2.24) is 14.8 Å². The Morgan fingerprint density at radius 1 is 1.00 bits per heavy atom. The van der Waals surface area contributed by atoms with E-state index in [-0.39, 0.29) is 17.6 Å². The van der Waals surface area contributed by atoms with E-state index in [1.807, 2.05) is 18.3 Å². The van der Waals surface area contributed by atoms with Crippen molar-refractivity contribution in [2.45, 2.75) is 39.0 Å². The third-order valence-corrected chi connectivity index (χ3v) is 7.81. The van der Waals surface area contributed by atoms with Gasteiger partial charge < -0.3 is 9.80 Å². The molecular weight excluding hydrogens is 441 g/mol. The molecule has 1 atom stereocenters. The summed E-state index contributed by atoms with van der Waals surface area (Å²) < 4.78 is 13.2. The van der Waals surface area contributed by atoms with Gasteiger partial charge in [0.15, 0.2) is 0 Å². The quantitative estimate of drug-likeness (QED) is 0.530. The van der Waals surface area contributed by atoms with E-state index in [0.717, 1.165) is 37.9 Å². The Kier molecular flexibility index (Phi) is 6.54. The summed E-state index contributed by atoms with van der Waals surface area (Å²) in [5, 5.41) is 1.20. The topological polar surface area (TPSA) is 53.5 Å². The average molecular weight is 474 g/mol. The van der Waals surface area contributed by atoms with Crippen molar-refractivity contribution in [1.29, 1.82) is 0 Å². The normalized spacial score (nSPS) is 20.1. The number of piperidine rings is 2. The first-order valence-electron chi connectivity index (χ1n) is 12.6. The van der Waals surface area contributed by atoms with Crippen LogP contribution in [0.15, 0.2) is 60.8 Å². The number of aromatic nitrogens is 1. The molecule has 3 heterocycles. The van der Waals surface area contributed by atoms with Gasteiger partial charge in [0.2, 0.25) is 5.91 Å². The van der Waals surface area contributed by atoms with Gasteiger partial charge in [-0.2, -0.15) is 0 Å². The lowest BCUT2D eigenvalue weighted by Gasteiger charge is -2.43. The second-order valence-corrected chi connectivity index (χ2v) is 10.3. The van der Waals surface area contributed by atoms with Gasteiger partial charge in [0, 0.05) is 48.7 Å². The maximum absolute atomic E-state index is 13.6. The summed E-state index contributed by atoms with van der Waals surface area (Å²) in [5.74, 6) is 0.204. The van der Waals surface area contributed by atoms with Crippen molar-refractivity contribution in [3.8, 4) is 0 Å². The summed E-state index contributed by atoms with van der Waals surface area (Å²) in [4.78, 5) is 34.8. The minimum atomic E-state index is -0.454. The predicted molar refractivity (Wildman–Crippen MR) is 134 cm³/mol. The Morgan fingerprint density at radius 3 is 2.54 bits per heavy atom. The van der Waals surface area contributed by atoms with Gasteiger partial charge >= 0.3 is 0 Å². The fourth-order valence-electron chi connectivity index (χ4n) is 5.65. The monoisotopic (exact) mass is 473 g/mol. The minimum absolute atomic E-state index is 0.0953. The first kappa shape index (κ1) is 23.5. The molecule has 0 unspecified atom stereocenters. The molecule has 35 heavy (non-hydrogen) atoms. The average Bonchev–Trinajstić information content (AvgIpc) is 2.89. The van der Waals surface area contributed by atoms with Crippen molar-refractivity contribution in [3.63, 3.8) is 0 Å². The Bertz CT molecular complexity index is 1210. The highest BCUT2D eigenvalue weighted by molar-refractivity contribution is 5.94. The fourth-order valence-corrected chi connectivity index (χ4v) is 5.65. The molecule has 0 bridgehead atoms. The van der Waals surface area contributed by atoms with Crippen LogP contribution in [0, 0.1) is 17.2 Å². The van der Waals surface area contributed by atoms with E-state index in [1.54, 1.807) is 4.90 Å². The second-order valence-electron chi connectivity index (χ2n) is 10.3. The van der Waals surface area contributed by atoms with Crippen LogP contribution in [-0.4, -0.2) is 52.8 Å². The Labute approximate surface area is 205 Å². The van der Waals surface area contributed by atoms with E-state index in [2.05, 4.69) is 35.0 Å². The summed E-state index contributed by atoms with van der Waals surface area (Å²) in [6.07, 6.45) is 6.21. The van der Waals surface area contributed by atoms with Gasteiger partial charge in [-0.25, -0.2) is 4.39 Å². The highest BCUT2D eigenvalue weighted by Gasteiger charge is 2.41. The van der Waals surface area contributed by atoms with E-state index in [1.165, 1.54) is 35.2 Å². The van der Waals surface area contributed by atoms with Crippen LogP contribution in [0.2, 0.25) is 0 Å². The summed E-state index contributed by atoms with van der Waals surface area (Å²) in [6, 6.07) is 16.1. The summed E-state index contributed by atoms with van der Waals surface area (Å²) in [6.45, 7) is 4.72. The third-order valence-electron chi connectivity index (χ3n) is 7.81. The number of amides is 2. The zero-order valence-electron chi connectivity index (χ0n) is 20.3. The molecule has 0 N–H and O–H groups in total. The molecule has 2 fully saturated rings. The van der Waals surface area contributed by atoms with Gasteiger partial charge in [-0.3, -0.25) is 14.6 Å². The molecule has 1 aromatic heterocycles. The highest BCUT2D eigenvalue weighted by Crippen LogP contribution is 2.35. The summed E-state index contributed by atoms with van der Waals surface area (Å²) in [7, 11) is 0. The molecule has 5 nitrogen and oxygen atoms in total. The van der Waals surface area contributed by atoms with E-state index in [4.69, 9.17) is 0 Å². The zero-order chi connectivity index (χ0) is 24.4. The molecule has 2 aromatic carbocycles. The number of fused-ring (bicyclic) bond motifs is 1. The number of hydrogen-bond donors (Lipinski definition) is 0. The Hall–Kier alpha value is -3.28. The number of benzene rings is 2. The lowest BCUT2D eigenvalue weighted by atomic mass is 9.78. The van der Waals surface area contributed by atoms with Gasteiger partial charge in [-0.1, -0.05) is 25.1 Å². The second kappa shape index (κ2) is 9.76. The van der Waals surface area contributed by atoms with Gasteiger partial charge in [-0.05, 0) is 80.0 Å². The Morgan fingerprint density at radius 2 is 1.77 bits per heavy atom. The largest absolute Gasteiger partial charge is 0.342 e. The maximum Gasteiger partial charge on any atom is 0.253 e. The van der Waals surface area contributed by atoms with Crippen molar-refractivity contribution in [3.05, 3.63) is 77.7 Å². The van der Waals surface area contributed by atoms with Crippen molar-refractivity contribution in [2.24, 2.45) is 11.3 Å². The number of carbonyl (C=O) groups is 2. The zero-order valence-corrected chi connectivity index (χ0v) is 20.3. The molecule has 2 saturated heterocycles. The SMILES string of the molecule is CC1(C(=O)N2CCC[C@H](Cc3cccc4ncccc34)C2)CCN(C(=O)c2ccc(F)cc2)CC1. The minimum Gasteiger partial charge on any atom is -0.342 e. The van der Waals surface area contributed by atoms with Gasteiger partial charge in [0.05, 0.1) is 5.52 Å². The van der Waals surface area contributed by atoms with Crippen LogP contribution in [0.1, 0.15) is 48.5 Å². The number of likely N-dealkylation sites (tertiary alicyclic amines) is 2. The molecule has 0 spiro atoms. The van der Waals surface area contributed by atoms with E-state index in [9.17, 15) is 14.0 Å². The van der Waals surface area contributed by atoms with Crippen molar-refractivity contribution in [2.75, 3.05) is 26.2 Å². The molecule has 5 rings (SSSR count). The number of hydrogen-bond acceptors (Lipinski definition) is 3. The number of nitrogens with zero attached hydrogens (tertiary/aromatic N) is 3. The number of halogens is 1. The number of pyridine rings is 1. The van der Waals surface area contributed by atoms with Crippen LogP contribution in [0.5, 0.6) is 0 Å². The van der Waals surface area contributed by atoms with Gasteiger partial charge in [0.1, 0.15) is 5.82 Å². The number of rotatable bonds is 4. The Balaban J connectivity index is 1.21. The molecule has 182 valence electrons. The standard InChI is InChI=1S/C29H32FN3O2/c1-29(13-17-32(18-14-29)27(34)22-9-11-24(30)12-10-22)28(35)33-16-4-5-21(20-33)19-23-6-2-8-26-25(23)7-3-15-31-26/h2-3,6-12,15,21H,4-5,13-14,16-20H2,1H3/t21-/m1/s1. The third kappa shape index (κ3) is 4.93. The lowest BCUT2D eigenvalue weighted by molar-refractivity contribution is -0.145. The van der Waals surface area contributed by atoms with E-state index < -0.39 is 5.41 Å². The summed E-state index contributed by atoms with van der Waals surface area (Å²) >= 11 is 0. The predicted octanol–water partition coefficient (Wildman–Crippen LogP) is 5.10. The van der Waals surface area contributed by atoms with E-state index in [0.29, 0.717) is 37.4 Å². The van der Waals surface area contributed by atoms with Crippen molar-refractivity contribution >= 4 is 22.7 Å². The highest BCUT2D eigenvalue weighted by atomic mass is 19.1. The molecule has 0 radical (unpaired) electrons. The lowest BCUT2D eigenvalue weighted by Crippen LogP contribution is -2.52. The maximum atomic E-state index is 13.6. The molecule has 2 aliphatic rings. The molecule has 6 heteroatoms. The van der Waals surface area contributed by atoms with Crippen LogP contribution in [0.25, 0.3) is 10.9 Å². The molecule has 3 aromatic rings. The first-order valence-corrected chi connectivity index (χ1v) is 12.6. The molecule has 0 aliphatic carbocycles. The smallest absolute Gasteiger partial charge is 0.253 e. The van der Waals surface area contributed by atoms with Crippen LogP contribution < -0.4 is 0 Å². The van der Waals surface area contributed by atoms with Crippen LogP contribution >= 0.6 is 0 Å². The van der Waals surface area contributed by atoms with Crippen molar-refractivity contribution < 1.29 is 14.0 Å². The van der Waals surface area contributed by atoms with E-state index >= 15 is 0 Å². The summed E-state index contributed by atoms with van der Waals surface area (Å²) in [5.41, 5.74) is 2.35. The van der Waals surface area contributed by atoms with Gasteiger partial charge in [-0.15, -0.1) is 0 Å². The van der Waals surface area contributed by atoms with Crippen LogP contribution in [0.4, 0.5) is 4.39 Å². The molecule has 2 aliphatic heterocycles. The molecular formula is C29H32FN3O2. The van der Waals surface area contributed by atoms with Crippen LogP contribution in [-0.2, 0) is 11.2 Å². The van der Waals surface area contributed by atoms with Crippen LogP contribution in [0.3, 0.4) is 0 Å². The van der Waals surface area contributed by atoms with Gasteiger partial charge in [0.25, 0.3) is 5.91 Å². The first-order chi connectivity index (χ1) is 16.9. The number of carbonyl (C=O) groups excluding carboxylic acids is 2.